The molecule has 0 saturated carbocycles. The van der Waals surface area contributed by atoms with Crippen molar-refractivity contribution in [2.75, 3.05) is 11.9 Å². The first-order valence-corrected chi connectivity index (χ1v) is 13.3. The summed E-state index contributed by atoms with van der Waals surface area (Å²) in [7, 11) is -3.61. The van der Waals surface area contributed by atoms with Gasteiger partial charge in [0.2, 0.25) is 10.0 Å². The summed E-state index contributed by atoms with van der Waals surface area (Å²) >= 11 is 3.39. The van der Waals surface area contributed by atoms with E-state index in [1.165, 1.54) is 28.6 Å². The number of benzene rings is 3. The first-order valence-electron chi connectivity index (χ1n) is 11.1. The second-order valence-electron chi connectivity index (χ2n) is 8.32. The van der Waals surface area contributed by atoms with Gasteiger partial charge in [0, 0.05) is 33.7 Å². The Bertz CT molecular complexity index is 1310. The number of sulfonamides is 1. The molecule has 0 aliphatic carbocycles. The van der Waals surface area contributed by atoms with Crippen LogP contribution in [0.25, 0.3) is 0 Å². The van der Waals surface area contributed by atoms with Crippen molar-refractivity contribution in [3.8, 4) is 0 Å². The Labute approximate surface area is 208 Å². The van der Waals surface area contributed by atoms with Crippen LogP contribution in [0.15, 0.2) is 82.2 Å². The second-order valence-corrected chi connectivity index (χ2v) is 11.1. The van der Waals surface area contributed by atoms with E-state index >= 15 is 0 Å². The number of hydrogen-bond acceptors (Lipinski definition) is 4. The first kappa shape index (κ1) is 24.3. The van der Waals surface area contributed by atoms with Gasteiger partial charge < -0.3 is 5.32 Å². The molecule has 1 aliphatic heterocycles. The Kier molecular flexibility index (Phi) is 7.30. The van der Waals surface area contributed by atoms with E-state index in [0.29, 0.717) is 33.4 Å². The highest BCUT2D eigenvalue weighted by molar-refractivity contribution is 9.10. The van der Waals surface area contributed by atoms with Crippen LogP contribution >= 0.6 is 15.9 Å². The van der Waals surface area contributed by atoms with Crippen molar-refractivity contribution in [3.63, 3.8) is 0 Å². The van der Waals surface area contributed by atoms with Gasteiger partial charge in [-0.25, -0.2) is 8.42 Å². The van der Waals surface area contributed by atoms with Crippen LogP contribution in [0, 0.1) is 0 Å². The van der Waals surface area contributed by atoms with Gasteiger partial charge in [0.15, 0.2) is 5.78 Å². The molecule has 176 valence electrons. The lowest BCUT2D eigenvalue weighted by atomic mass is 10.0. The fourth-order valence-corrected chi connectivity index (χ4v) is 6.16. The Morgan fingerprint density at radius 3 is 2.32 bits per heavy atom. The minimum absolute atomic E-state index is 0.0419. The number of carbonyl (C=O) groups is 2. The average Bonchev–Trinajstić information content (AvgIpc) is 2.85. The molecule has 1 fully saturated rings. The minimum Gasteiger partial charge on any atom is -0.321 e. The maximum atomic E-state index is 13.0. The number of nitrogens with one attached hydrogen (secondary N) is 1. The normalized spacial score (nSPS) is 16.7. The Morgan fingerprint density at radius 2 is 1.65 bits per heavy atom. The predicted octanol–water partition coefficient (Wildman–Crippen LogP) is 5.50. The molecule has 6 nitrogen and oxygen atoms in total. The Morgan fingerprint density at radius 1 is 0.941 bits per heavy atom. The van der Waals surface area contributed by atoms with Gasteiger partial charge in [0.25, 0.3) is 5.91 Å². The van der Waals surface area contributed by atoms with E-state index in [1.54, 1.807) is 42.5 Å². The van der Waals surface area contributed by atoms with Crippen LogP contribution in [0.1, 0.15) is 52.5 Å². The molecule has 0 aromatic heterocycles. The van der Waals surface area contributed by atoms with E-state index in [9.17, 15) is 18.0 Å². The standard InChI is InChI=1S/C26H25BrN2O4S/c1-18-7-5-6-16-29(18)34(32,33)22-13-10-20(11-14-22)26(31)28-24-15-12-21(27)17-23(24)25(30)19-8-3-2-4-9-19/h2-4,8-15,17-18H,5-7,16H2,1H3,(H,28,31). The van der Waals surface area contributed by atoms with Gasteiger partial charge in [-0.15, -0.1) is 0 Å². The molecular weight excluding hydrogens is 516 g/mol. The predicted molar refractivity (Wildman–Crippen MR) is 136 cm³/mol. The lowest BCUT2D eigenvalue weighted by Crippen LogP contribution is -2.41. The molecule has 1 N–H and O–H groups in total. The summed E-state index contributed by atoms with van der Waals surface area (Å²) < 4.78 is 28.3. The zero-order valence-corrected chi connectivity index (χ0v) is 21.1. The molecule has 1 atom stereocenters. The highest BCUT2D eigenvalue weighted by atomic mass is 79.9. The van der Waals surface area contributed by atoms with E-state index in [-0.39, 0.29) is 16.7 Å². The molecule has 34 heavy (non-hydrogen) atoms. The summed E-state index contributed by atoms with van der Waals surface area (Å²) in [6.45, 7) is 2.43. The van der Waals surface area contributed by atoms with E-state index in [4.69, 9.17) is 0 Å². The third-order valence-corrected chi connectivity index (χ3v) is 8.50. The fourth-order valence-electron chi connectivity index (χ4n) is 4.10. The topological polar surface area (TPSA) is 83.6 Å². The highest BCUT2D eigenvalue weighted by Crippen LogP contribution is 2.27. The van der Waals surface area contributed by atoms with Crippen LogP contribution in [-0.2, 0) is 10.0 Å². The van der Waals surface area contributed by atoms with Crippen LogP contribution in [0.3, 0.4) is 0 Å². The van der Waals surface area contributed by atoms with E-state index in [0.717, 1.165) is 19.3 Å². The summed E-state index contributed by atoms with van der Waals surface area (Å²) in [6.07, 6.45) is 2.72. The molecule has 0 radical (unpaired) electrons. The van der Waals surface area contributed by atoms with Crippen LogP contribution in [-0.4, -0.2) is 37.0 Å². The van der Waals surface area contributed by atoms with Crippen LogP contribution in [0.5, 0.6) is 0 Å². The number of nitrogens with zero attached hydrogens (tertiary/aromatic N) is 1. The van der Waals surface area contributed by atoms with Crippen LogP contribution in [0.2, 0.25) is 0 Å². The zero-order valence-electron chi connectivity index (χ0n) is 18.7. The third kappa shape index (κ3) is 5.14. The Hall–Kier alpha value is -2.81. The van der Waals surface area contributed by atoms with Crippen LogP contribution in [0.4, 0.5) is 5.69 Å². The molecule has 1 unspecified atom stereocenters. The maximum absolute atomic E-state index is 13.0. The number of halogens is 1. The van der Waals surface area contributed by atoms with Crippen molar-refractivity contribution in [1.82, 2.24) is 4.31 Å². The number of anilines is 1. The molecule has 1 heterocycles. The van der Waals surface area contributed by atoms with E-state index in [1.807, 2.05) is 13.0 Å². The zero-order chi connectivity index (χ0) is 24.3. The fraction of sp³-hybridized carbons (Fsp3) is 0.231. The van der Waals surface area contributed by atoms with Crippen molar-refractivity contribution < 1.29 is 18.0 Å². The number of hydrogen-bond donors (Lipinski definition) is 1. The van der Waals surface area contributed by atoms with Crippen molar-refractivity contribution >= 4 is 43.3 Å². The van der Waals surface area contributed by atoms with Crippen molar-refractivity contribution in [1.29, 1.82) is 0 Å². The van der Waals surface area contributed by atoms with Crippen molar-refractivity contribution in [3.05, 3.63) is 94.0 Å². The Balaban J connectivity index is 1.55. The number of carbonyl (C=O) groups excluding carboxylic acids is 2. The van der Waals surface area contributed by atoms with Gasteiger partial charge in [-0.3, -0.25) is 9.59 Å². The van der Waals surface area contributed by atoms with Gasteiger partial charge in [0.1, 0.15) is 0 Å². The quantitative estimate of drug-likeness (QED) is 0.418. The van der Waals surface area contributed by atoms with Gasteiger partial charge in [-0.1, -0.05) is 52.7 Å². The van der Waals surface area contributed by atoms with E-state index in [2.05, 4.69) is 21.2 Å². The molecular formula is C26H25BrN2O4S. The molecule has 1 amide bonds. The van der Waals surface area contributed by atoms with E-state index < -0.39 is 15.9 Å². The van der Waals surface area contributed by atoms with Crippen LogP contribution < -0.4 is 5.32 Å². The summed E-state index contributed by atoms with van der Waals surface area (Å²) in [5.41, 5.74) is 1.54. The molecule has 3 aromatic rings. The third-order valence-electron chi connectivity index (χ3n) is 5.98. The average molecular weight is 541 g/mol. The molecule has 0 spiro atoms. The van der Waals surface area contributed by atoms with Gasteiger partial charge in [-0.05, 0) is 62.2 Å². The number of rotatable bonds is 6. The number of piperidine rings is 1. The summed E-state index contributed by atoms with van der Waals surface area (Å²) in [5, 5.41) is 2.79. The highest BCUT2D eigenvalue weighted by Gasteiger charge is 2.31. The smallest absolute Gasteiger partial charge is 0.255 e. The SMILES string of the molecule is CC1CCCCN1S(=O)(=O)c1ccc(C(=O)Nc2ccc(Br)cc2C(=O)c2ccccc2)cc1. The van der Waals surface area contributed by atoms with Gasteiger partial charge in [0.05, 0.1) is 10.6 Å². The van der Waals surface area contributed by atoms with Crippen molar-refractivity contribution in [2.24, 2.45) is 0 Å². The number of amides is 1. The molecule has 1 aliphatic rings. The second kappa shape index (κ2) is 10.2. The van der Waals surface area contributed by atoms with Gasteiger partial charge in [-0.2, -0.15) is 4.31 Å². The largest absolute Gasteiger partial charge is 0.321 e. The summed E-state index contributed by atoms with van der Waals surface area (Å²) in [5.74, 6) is -0.644. The lowest BCUT2D eigenvalue weighted by Gasteiger charge is -2.32. The molecule has 1 saturated heterocycles. The van der Waals surface area contributed by atoms with Crippen molar-refractivity contribution in [2.45, 2.75) is 37.1 Å². The summed E-state index contributed by atoms with van der Waals surface area (Å²) in [6, 6.07) is 19.8. The monoisotopic (exact) mass is 540 g/mol. The summed E-state index contributed by atoms with van der Waals surface area (Å²) in [4.78, 5) is 26.1. The minimum atomic E-state index is -3.61. The lowest BCUT2D eigenvalue weighted by molar-refractivity contribution is 0.102. The molecule has 8 heteroatoms. The molecule has 3 aromatic carbocycles. The molecule has 0 bridgehead atoms. The first-order chi connectivity index (χ1) is 16.3. The maximum Gasteiger partial charge on any atom is 0.255 e. The number of ketones is 1. The van der Waals surface area contributed by atoms with Gasteiger partial charge >= 0.3 is 0 Å². The molecule has 4 rings (SSSR count).